The highest BCUT2D eigenvalue weighted by Gasteiger charge is 2.28. The molecule has 3 rings (SSSR count). The van der Waals surface area contributed by atoms with Crippen LogP contribution in [0.3, 0.4) is 0 Å². The Morgan fingerprint density at radius 3 is 2.78 bits per heavy atom. The van der Waals surface area contributed by atoms with Gasteiger partial charge in [-0.15, -0.1) is 0 Å². The van der Waals surface area contributed by atoms with Crippen LogP contribution in [0.1, 0.15) is 24.7 Å². The SMILES string of the molecule is CCn1cnc2c1CCC(N1CCN(C)CC1)C2. The van der Waals surface area contributed by atoms with Crippen LogP contribution in [0.2, 0.25) is 0 Å². The molecular weight excluding hydrogens is 224 g/mol. The third-order valence-electron chi connectivity index (χ3n) is 4.57. The Balaban J connectivity index is 1.67. The monoisotopic (exact) mass is 248 g/mol. The first-order chi connectivity index (χ1) is 8.78. The maximum Gasteiger partial charge on any atom is 0.0951 e. The zero-order valence-corrected chi connectivity index (χ0v) is 11.6. The number of aryl methyl sites for hydroxylation is 1. The van der Waals surface area contributed by atoms with Crippen molar-refractivity contribution in [1.82, 2.24) is 19.4 Å². The number of fused-ring (bicyclic) bond motifs is 1. The molecule has 4 heteroatoms. The molecule has 1 fully saturated rings. The van der Waals surface area contributed by atoms with Crippen LogP contribution in [-0.4, -0.2) is 58.6 Å². The lowest BCUT2D eigenvalue weighted by molar-refractivity contribution is 0.103. The molecule has 2 aliphatic rings. The maximum atomic E-state index is 4.61. The van der Waals surface area contributed by atoms with Crippen molar-refractivity contribution in [2.24, 2.45) is 0 Å². The molecule has 100 valence electrons. The minimum Gasteiger partial charge on any atom is -0.335 e. The van der Waals surface area contributed by atoms with Crippen molar-refractivity contribution in [3.63, 3.8) is 0 Å². The lowest BCUT2D eigenvalue weighted by Gasteiger charge is -2.39. The minimum absolute atomic E-state index is 0.728. The molecule has 4 nitrogen and oxygen atoms in total. The quantitative estimate of drug-likeness (QED) is 0.780. The number of hydrogen-bond acceptors (Lipinski definition) is 3. The summed E-state index contributed by atoms with van der Waals surface area (Å²) >= 11 is 0. The molecule has 0 radical (unpaired) electrons. The van der Waals surface area contributed by atoms with Gasteiger partial charge in [-0.25, -0.2) is 4.98 Å². The number of aromatic nitrogens is 2. The number of imidazole rings is 1. The van der Waals surface area contributed by atoms with Crippen LogP contribution < -0.4 is 0 Å². The fraction of sp³-hybridized carbons (Fsp3) is 0.786. The summed E-state index contributed by atoms with van der Waals surface area (Å²) in [5.74, 6) is 0. The third kappa shape index (κ3) is 2.19. The van der Waals surface area contributed by atoms with Crippen molar-refractivity contribution in [2.75, 3.05) is 33.2 Å². The van der Waals surface area contributed by atoms with E-state index in [1.807, 2.05) is 6.33 Å². The van der Waals surface area contributed by atoms with Gasteiger partial charge in [-0.3, -0.25) is 4.90 Å². The zero-order chi connectivity index (χ0) is 12.5. The first-order valence-electron chi connectivity index (χ1n) is 7.23. The number of likely N-dealkylation sites (N-methyl/N-ethyl adjacent to an activating group) is 1. The van der Waals surface area contributed by atoms with Crippen LogP contribution in [0.15, 0.2) is 6.33 Å². The van der Waals surface area contributed by atoms with Gasteiger partial charge in [0.15, 0.2) is 0 Å². The Bertz CT molecular complexity index is 404. The molecular formula is C14H24N4. The van der Waals surface area contributed by atoms with E-state index in [1.165, 1.54) is 50.4 Å². The standard InChI is InChI=1S/C14H24N4/c1-3-17-11-15-13-10-12(4-5-14(13)17)18-8-6-16(2)7-9-18/h11-12H,3-10H2,1-2H3. The van der Waals surface area contributed by atoms with E-state index >= 15 is 0 Å². The van der Waals surface area contributed by atoms with E-state index in [9.17, 15) is 0 Å². The number of rotatable bonds is 2. The van der Waals surface area contributed by atoms with E-state index in [0.29, 0.717) is 0 Å². The second-order valence-electron chi connectivity index (χ2n) is 5.66. The molecule has 18 heavy (non-hydrogen) atoms. The van der Waals surface area contributed by atoms with Gasteiger partial charge in [-0.2, -0.15) is 0 Å². The zero-order valence-electron chi connectivity index (χ0n) is 11.6. The first kappa shape index (κ1) is 12.2. The Kier molecular flexibility index (Phi) is 3.39. The summed E-state index contributed by atoms with van der Waals surface area (Å²) in [4.78, 5) is 9.72. The normalized spacial score (nSPS) is 26.2. The molecule has 1 unspecified atom stereocenters. The molecule has 0 spiro atoms. The Morgan fingerprint density at radius 1 is 1.28 bits per heavy atom. The largest absolute Gasteiger partial charge is 0.335 e. The van der Waals surface area contributed by atoms with Crippen LogP contribution in [0.4, 0.5) is 0 Å². The molecule has 0 amide bonds. The summed E-state index contributed by atoms with van der Waals surface area (Å²) in [6, 6.07) is 0.728. The molecule has 0 saturated carbocycles. The summed E-state index contributed by atoms with van der Waals surface area (Å²) in [6.45, 7) is 8.14. The molecule has 0 N–H and O–H groups in total. The third-order valence-corrected chi connectivity index (χ3v) is 4.57. The predicted molar refractivity (Wildman–Crippen MR) is 72.8 cm³/mol. The first-order valence-corrected chi connectivity index (χ1v) is 7.23. The molecule has 0 bridgehead atoms. The van der Waals surface area contributed by atoms with E-state index < -0.39 is 0 Å². The van der Waals surface area contributed by atoms with Gasteiger partial charge in [-0.1, -0.05) is 0 Å². The Labute approximate surface area is 110 Å². The molecule has 1 aromatic heterocycles. The second kappa shape index (κ2) is 5.02. The van der Waals surface area contributed by atoms with Crippen molar-refractivity contribution in [3.8, 4) is 0 Å². The average Bonchev–Trinajstić information content (AvgIpc) is 2.81. The van der Waals surface area contributed by atoms with Crippen LogP contribution in [0, 0.1) is 0 Å². The smallest absolute Gasteiger partial charge is 0.0951 e. The van der Waals surface area contributed by atoms with Gasteiger partial charge in [0.1, 0.15) is 0 Å². The lowest BCUT2D eigenvalue weighted by Crippen LogP contribution is -2.50. The maximum absolute atomic E-state index is 4.61. The van der Waals surface area contributed by atoms with E-state index in [4.69, 9.17) is 0 Å². The van der Waals surface area contributed by atoms with Gasteiger partial charge in [0.05, 0.1) is 12.0 Å². The molecule has 1 aromatic rings. The minimum atomic E-state index is 0.728. The fourth-order valence-electron chi connectivity index (χ4n) is 3.31. The molecule has 2 heterocycles. The number of nitrogens with zero attached hydrogens (tertiary/aromatic N) is 4. The summed E-state index contributed by atoms with van der Waals surface area (Å²) in [7, 11) is 2.22. The highest BCUT2D eigenvalue weighted by atomic mass is 15.3. The van der Waals surface area contributed by atoms with Crippen LogP contribution in [-0.2, 0) is 19.4 Å². The van der Waals surface area contributed by atoms with E-state index in [0.717, 1.165) is 19.0 Å². The van der Waals surface area contributed by atoms with Gasteiger partial charge in [0, 0.05) is 50.9 Å². The second-order valence-corrected chi connectivity index (χ2v) is 5.66. The van der Waals surface area contributed by atoms with E-state index in [2.05, 4.69) is 33.3 Å². The van der Waals surface area contributed by atoms with Crippen LogP contribution >= 0.6 is 0 Å². The fourth-order valence-corrected chi connectivity index (χ4v) is 3.31. The number of piperazine rings is 1. The van der Waals surface area contributed by atoms with Crippen LogP contribution in [0.25, 0.3) is 0 Å². The number of hydrogen-bond donors (Lipinski definition) is 0. The van der Waals surface area contributed by atoms with Gasteiger partial charge >= 0.3 is 0 Å². The van der Waals surface area contributed by atoms with Crippen molar-refractivity contribution in [3.05, 3.63) is 17.7 Å². The van der Waals surface area contributed by atoms with E-state index in [1.54, 1.807) is 0 Å². The topological polar surface area (TPSA) is 24.3 Å². The summed E-state index contributed by atoms with van der Waals surface area (Å²) < 4.78 is 2.32. The lowest BCUT2D eigenvalue weighted by atomic mass is 9.94. The van der Waals surface area contributed by atoms with Crippen molar-refractivity contribution < 1.29 is 0 Å². The predicted octanol–water partition coefficient (Wildman–Crippen LogP) is 1.01. The Hall–Kier alpha value is -0.870. The van der Waals surface area contributed by atoms with Crippen molar-refractivity contribution >= 4 is 0 Å². The molecule has 1 atom stereocenters. The molecule has 0 aromatic carbocycles. The van der Waals surface area contributed by atoms with Crippen molar-refractivity contribution in [2.45, 2.75) is 38.8 Å². The summed E-state index contributed by atoms with van der Waals surface area (Å²) in [5, 5.41) is 0. The molecule has 1 saturated heterocycles. The van der Waals surface area contributed by atoms with Crippen molar-refractivity contribution in [1.29, 1.82) is 0 Å². The van der Waals surface area contributed by atoms with E-state index in [-0.39, 0.29) is 0 Å². The molecule has 1 aliphatic carbocycles. The summed E-state index contributed by atoms with van der Waals surface area (Å²) in [6.07, 6.45) is 5.70. The Morgan fingerprint density at radius 2 is 2.06 bits per heavy atom. The van der Waals surface area contributed by atoms with Gasteiger partial charge in [0.25, 0.3) is 0 Å². The highest BCUT2D eigenvalue weighted by molar-refractivity contribution is 5.18. The summed E-state index contributed by atoms with van der Waals surface area (Å²) in [5.41, 5.74) is 2.84. The molecule has 1 aliphatic heterocycles. The van der Waals surface area contributed by atoms with Gasteiger partial charge < -0.3 is 9.47 Å². The van der Waals surface area contributed by atoms with Gasteiger partial charge in [0.2, 0.25) is 0 Å². The van der Waals surface area contributed by atoms with Gasteiger partial charge in [-0.05, 0) is 26.8 Å². The van der Waals surface area contributed by atoms with Crippen LogP contribution in [0.5, 0.6) is 0 Å². The average molecular weight is 248 g/mol. The highest BCUT2D eigenvalue weighted by Crippen LogP contribution is 2.24.